The Morgan fingerprint density at radius 2 is 2.64 bits per heavy atom. The molecule has 2 unspecified atom stereocenters. The molecule has 0 spiro atoms. The van der Waals surface area contributed by atoms with Crippen molar-refractivity contribution in [1.82, 2.24) is 9.59 Å². The second kappa shape index (κ2) is 3.92. The van der Waals surface area contributed by atoms with Crippen molar-refractivity contribution in [1.29, 1.82) is 0 Å². The summed E-state index contributed by atoms with van der Waals surface area (Å²) in [5.41, 5.74) is 0.222. The van der Waals surface area contributed by atoms with Crippen molar-refractivity contribution in [2.45, 2.75) is 25.4 Å². The summed E-state index contributed by atoms with van der Waals surface area (Å²) in [6.07, 6.45) is 1.28. The van der Waals surface area contributed by atoms with Crippen molar-refractivity contribution in [2.24, 2.45) is 5.92 Å². The maximum absolute atomic E-state index is 10.4. The van der Waals surface area contributed by atoms with Gasteiger partial charge in [0, 0.05) is 30.7 Å². The molecule has 14 heavy (non-hydrogen) atoms. The summed E-state index contributed by atoms with van der Waals surface area (Å²) in [6.45, 7) is 3.28. The van der Waals surface area contributed by atoms with E-state index in [0.717, 1.165) is 5.69 Å². The Balaban J connectivity index is 2.07. The molecule has 78 valence electrons. The van der Waals surface area contributed by atoms with Gasteiger partial charge in [-0.05, 0) is 11.5 Å². The molecule has 0 aromatic carbocycles. The predicted molar refractivity (Wildman–Crippen MR) is 53.2 cm³/mol. The number of aromatic nitrogens is 2. The summed E-state index contributed by atoms with van der Waals surface area (Å²) in [4.78, 5) is 0. The molecular weight excluding hydrogens is 200 g/mol. The van der Waals surface area contributed by atoms with Crippen molar-refractivity contribution in [3.8, 4) is 0 Å². The number of aliphatic hydroxyl groups is 1. The van der Waals surface area contributed by atoms with E-state index in [1.54, 1.807) is 0 Å². The number of nitrogens with zero attached hydrogens (tertiary/aromatic N) is 2. The third kappa shape index (κ3) is 1.94. The largest absolute Gasteiger partial charge is 0.389 e. The van der Waals surface area contributed by atoms with Gasteiger partial charge in [-0.25, -0.2) is 0 Å². The van der Waals surface area contributed by atoms with Gasteiger partial charge in [0.25, 0.3) is 0 Å². The molecule has 2 rings (SSSR count). The molecule has 0 bridgehead atoms. The highest BCUT2D eigenvalue weighted by molar-refractivity contribution is 7.03. The Labute approximate surface area is 87.1 Å². The van der Waals surface area contributed by atoms with Gasteiger partial charge in [-0.15, -0.1) is 5.10 Å². The molecule has 1 aromatic heterocycles. The lowest BCUT2D eigenvalue weighted by molar-refractivity contribution is -0.105. The molecule has 1 aromatic rings. The maximum Gasteiger partial charge on any atom is 0.0784 e. The molecule has 2 atom stereocenters. The van der Waals surface area contributed by atoms with Crippen molar-refractivity contribution in [2.75, 3.05) is 13.2 Å². The highest BCUT2D eigenvalue weighted by Crippen LogP contribution is 2.29. The quantitative estimate of drug-likeness (QED) is 0.793. The number of ether oxygens (including phenoxy) is 1. The van der Waals surface area contributed by atoms with Crippen molar-refractivity contribution >= 4 is 11.5 Å². The molecule has 0 saturated carbocycles. The fraction of sp³-hybridized carbons (Fsp3) is 0.778. The van der Waals surface area contributed by atoms with Crippen LogP contribution in [-0.4, -0.2) is 33.5 Å². The second-order valence-electron chi connectivity index (χ2n) is 3.90. The molecule has 0 aliphatic carbocycles. The molecule has 1 aliphatic rings. The minimum absolute atomic E-state index is 0.165. The zero-order valence-corrected chi connectivity index (χ0v) is 8.96. The van der Waals surface area contributed by atoms with Crippen LogP contribution in [0.1, 0.15) is 19.0 Å². The Morgan fingerprint density at radius 1 is 1.79 bits per heavy atom. The lowest BCUT2D eigenvalue weighted by Crippen LogP contribution is -2.45. The topological polar surface area (TPSA) is 55.2 Å². The van der Waals surface area contributed by atoms with Gasteiger partial charge in [0.15, 0.2) is 0 Å². The van der Waals surface area contributed by atoms with E-state index < -0.39 is 5.60 Å². The van der Waals surface area contributed by atoms with Gasteiger partial charge in [-0.2, -0.15) is 0 Å². The molecule has 5 heteroatoms. The van der Waals surface area contributed by atoms with E-state index in [1.807, 2.05) is 12.3 Å². The number of hydrogen-bond acceptors (Lipinski definition) is 5. The third-order valence-electron chi connectivity index (χ3n) is 2.86. The van der Waals surface area contributed by atoms with Crippen LogP contribution < -0.4 is 0 Å². The number of rotatable bonds is 2. The lowest BCUT2D eigenvalue weighted by atomic mass is 9.81. The van der Waals surface area contributed by atoms with Crippen LogP contribution in [0.5, 0.6) is 0 Å². The first-order chi connectivity index (χ1) is 6.71. The second-order valence-corrected chi connectivity index (χ2v) is 4.51. The Hall–Kier alpha value is -0.520. The van der Waals surface area contributed by atoms with Crippen LogP contribution >= 0.6 is 11.5 Å². The fourth-order valence-electron chi connectivity index (χ4n) is 1.75. The molecule has 0 radical (unpaired) electrons. The fourth-order valence-corrected chi connectivity index (χ4v) is 2.20. The lowest BCUT2D eigenvalue weighted by Gasteiger charge is -2.37. The summed E-state index contributed by atoms with van der Waals surface area (Å²) in [7, 11) is 0. The highest BCUT2D eigenvalue weighted by Gasteiger charge is 2.37. The molecule has 1 aliphatic heterocycles. The van der Waals surface area contributed by atoms with E-state index in [4.69, 9.17) is 4.74 Å². The standard InChI is InChI=1S/C9H14N2O2S/c1-7-5-13-3-2-9(7,12)4-8-6-14-11-10-8/h6-7,12H,2-5H2,1H3. The maximum atomic E-state index is 10.4. The zero-order chi connectivity index (χ0) is 10.0. The summed E-state index contributed by atoms with van der Waals surface area (Å²) in [6, 6.07) is 0. The van der Waals surface area contributed by atoms with Gasteiger partial charge in [0.05, 0.1) is 17.9 Å². The monoisotopic (exact) mass is 214 g/mol. The summed E-state index contributed by atoms with van der Waals surface area (Å²) >= 11 is 1.32. The molecule has 0 amide bonds. The van der Waals surface area contributed by atoms with Crippen molar-refractivity contribution in [3.05, 3.63) is 11.1 Å². The molecule has 4 nitrogen and oxygen atoms in total. The minimum atomic E-state index is -0.659. The number of hydrogen-bond donors (Lipinski definition) is 1. The van der Waals surface area contributed by atoms with Gasteiger partial charge in [-0.3, -0.25) is 0 Å². The van der Waals surface area contributed by atoms with Crippen LogP contribution in [0.25, 0.3) is 0 Å². The molecule has 1 N–H and O–H groups in total. The Kier molecular flexibility index (Phi) is 2.80. The van der Waals surface area contributed by atoms with E-state index in [9.17, 15) is 5.11 Å². The minimum Gasteiger partial charge on any atom is -0.389 e. The molecule has 1 fully saturated rings. The van der Waals surface area contributed by atoms with Crippen LogP contribution in [-0.2, 0) is 11.2 Å². The van der Waals surface area contributed by atoms with Gasteiger partial charge in [0.2, 0.25) is 0 Å². The predicted octanol–water partition coefficient (Wildman–Crippen LogP) is 0.868. The van der Waals surface area contributed by atoms with Gasteiger partial charge >= 0.3 is 0 Å². The van der Waals surface area contributed by atoms with E-state index in [1.165, 1.54) is 11.5 Å². The average molecular weight is 214 g/mol. The Morgan fingerprint density at radius 3 is 3.29 bits per heavy atom. The molecule has 1 saturated heterocycles. The van der Waals surface area contributed by atoms with Gasteiger partial charge in [0.1, 0.15) is 0 Å². The highest BCUT2D eigenvalue weighted by atomic mass is 32.1. The first kappa shape index (κ1) is 10.0. The molecular formula is C9H14N2O2S. The first-order valence-corrected chi connectivity index (χ1v) is 5.60. The summed E-state index contributed by atoms with van der Waals surface area (Å²) in [5.74, 6) is 0.165. The van der Waals surface area contributed by atoms with E-state index in [0.29, 0.717) is 26.1 Å². The Bertz CT molecular complexity index is 291. The van der Waals surface area contributed by atoms with E-state index in [-0.39, 0.29) is 5.92 Å². The first-order valence-electron chi connectivity index (χ1n) is 4.77. The van der Waals surface area contributed by atoms with E-state index in [2.05, 4.69) is 9.59 Å². The summed E-state index contributed by atoms with van der Waals surface area (Å²) in [5, 5.41) is 16.2. The third-order valence-corrected chi connectivity index (χ3v) is 3.41. The van der Waals surface area contributed by atoms with Crippen LogP contribution in [0.4, 0.5) is 0 Å². The van der Waals surface area contributed by atoms with Crippen molar-refractivity contribution in [3.63, 3.8) is 0 Å². The smallest absolute Gasteiger partial charge is 0.0784 e. The van der Waals surface area contributed by atoms with Crippen LogP contribution in [0.15, 0.2) is 5.38 Å². The van der Waals surface area contributed by atoms with Crippen LogP contribution in [0.3, 0.4) is 0 Å². The van der Waals surface area contributed by atoms with Gasteiger partial charge in [-0.1, -0.05) is 11.4 Å². The average Bonchev–Trinajstić information content (AvgIpc) is 2.63. The van der Waals surface area contributed by atoms with Crippen LogP contribution in [0, 0.1) is 5.92 Å². The van der Waals surface area contributed by atoms with Crippen LogP contribution in [0.2, 0.25) is 0 Å². The summed E-state index contributed by atoms with van der Waals surface area (Å²) < 4.78 is 9.10. The molecule has 2 heterocycles. The normalized spacial score (nSPS) is 33.1. The van der Waals surface area contributed by atoms with Gasteiger partial charge < -0.3 is 9.84 Å². The zero-order valence-electron chi connectivity index (χ0n) is 8.14. The SMILES string of the molecule is CC1COCCC1(O)Cc1csnn1. The van der Waals surface area contributed by atoms with Crippen molar-refractivity contribution < 1.29 is 9.84 Å². The van der Waals surface area contributed by atoms with E-state index >= 15 is 0 Å².